The number of nitrogens with one attached hydrogen (secondary N) is 1. The number of anilines is 2. The zero-order valence-electron chi connectivity index (χ0n) is 11.7. The van der Waals surface area contributed by atoms with E-state index in [4.69, 9.17) is 10.5 Å². The first-order valence-corrected chi connectivity index (χ1v) is 6.55. The van der Waals surface area contributed by atoms with Gasteiger partial charge in [0.15, 0.2) is 0 Å². The molecule has 2 rings (SSSR count). The van der Waals surface area contributed by atoms with E-state index >= 15 is 0 Å². The molecule has 0 atom stereocenters. The third kappa shape index (κ3) is 3.12. The molecule has 1 heterocycles. The molecule has 5 nitrogen and oxygen atoms in total. The molecule has 0 aliphatic carbocycles. The molecule has 0 saturated carbocycles. The summed E-state index contributed by atoms with van der Waals surface area (Å²) in [7, 11) is 1.59. The van der Waals surface area contributed by atoms with Gasteiger partial charge in [-0.05, 0) is 24.6 Å². The quantitative estimate of drug-likeness (QED) is 0.880. The van der Waals surface area contributed by atoms with Crippen molar-refractivity contribution in [2.24, 2.45) is 0 Å². The van der Waals surface area contributed by atoms with Gasteiger partial charge in [-0.15, -0.1) is 0 Å². The number of amides is 1. The largest absolute Gasteiger partial charge is 0.497 e. The normalized spacial score (nSPS) is 10.3. The third-order valence-corrected chi connectivity index (χ3v) is 2.94. The predicted molar refractivity (Wildman–Crippen MR) is 80.1 cm³/mol. The molecule has 5 heteroatoms. The van der Waals surface area contributed by atoms with Crippen LogP contribution in [-0.4, -0.2) is 17.6 Å². The number of methoxy groups -OCH3 is 1. The second-order valence-corrected chi connectivity index (χ2v) is 4.54. The molecule has 0 spiro atoms. The number of aryl methyl sites for hydroxylation is 1. The van der Waals surface area contributed by atoms with Crippen molar-refractivity contribution in [1.29, 1.82) is 0 Å². The van der Waals surface area contributed by atoms with Crippen molar-refractivity contribution in [1.82, 2.24) is 4.57 Å². The Kier molecular flexibility index (Phi) is 4.30. The number of aromatic nitrogens is 1. The lowest BCUT2D eigenvalue weighted by Crippen LogP contribution is -2.16. The highest BCUT2D eigenvalue weighted by molar-refractivity contribution is 6.03. The number of nitrogen functional groups attached to an aromatic ring is 1. The molecule has 0 fully saturated rings. The van der Waals surface area contributed by atoms with Gasteiger partial charge in [-0.1, -0.05) is 13.0 Å². The monoisotopic (exact) mass is 273 g/mol. The second-order valence-electron chi connectivity index (χ2n) is 4.54. The Morgan fingerprint density at radius 3 is 2.90 bits per heavy atom. The van der Waals surface area contributed by atoms with E-state index < -0.39 is 0 Å². The average molecular weight is 273 g/mol. The van der Waals surface area contributed by atoms with E-state index in [-0.39, 0.29) is 5.91 Å². The number of carbonyl (C=O) groups is 1. The second kappa shape index (κ2) is 6.14. The first-order valence-electron chi connectivity index (χ1n) is 6.55. The number of nitrogens with two attached hydrogens (primary N) is 1. The molecule has 1 amide bonds. The molecule has 3 N–H and O–H groups in total. The standard InChI is InChI=1S/C15H19N3O2/c1-3-7-18-10-11(16)8-14(18)15(19)17-12-5-4-6-13(9-12)20-2/h4-6,8-10H,3,7,16H2,1-2H3,(H,17,19). The summed E-state index contributed by atoms with van der Waals surface area (Å²) in [5, 5.41) is 2.85. The lowest BCUT2D eigenvalue weighted by molar-refractivity contribution is 0.101. The van der Waals surface area contributed by atoms with E-state index in [0.717, 1.165) is 13.0 Å². The molecule has 0 bridgehead atoms. The van der Waals surface area contributed by atoms with E-state index in [1.807, 2.05) is 22.8 Å². The predicted octanol–water partition coefficient (Wildman–Crippen LogP) is 2.74. The molecule has 0 aliphatic heterocycles. The molecule has 2 aromatic rings. The minimum Gasteiger partial charge on any atom is -0.497 e. The summed E-state index contributed by atoms with van der Waals surface area (Å²) in [5.74, 6) is 0.523. The van der Waals surface area contributed by atoms with Crippen molar-refractivity contribution in [2.45, 2.75) is 19.9 Å². The summed E-state index contributed by atoms with van der Waals surface area (Å²) in [6.45, 7) is 2.82. The topological polar surface area (TPSA) is 69.3 Å². The zero-order valence-corrected chi connectivity index (χ0v) is 11.7. The van der Waals surface area contributed by atoms with Gasteiger partial charge in [0, 0.05) is 24.5 Å². The van der Waals surface area contributed by atoms with Crippen LogP contribution in [0, 0.1) is 0 Å². The van der Waals surface area contributed by atoms with Crippen LogP contribution in [0.2, 0.25) is 0 Å². The van der Waals surface area contributed by atoms with Crippen LogP contribution in [0.25, 0.3) is 0 Å². The minimum atomic E-state index is -0.177. The first kappa shape index (κ1) is 14.0. The van der Waals surface area contributed by atoms with Crippen LogP contribution in [0.15, 0.2) is 36.5 Å². The van der Waals surface area contributed by atoms with Crippen molar-refractivity contribution in [3.8, 4) is 5.75 Å². The van der Waals surface area contributed by atoms with Crippen molar-refractivity contribution in [3.05, 3.63) is 42.2 Å². The molecular weight excluding hydrogens is 254 g/mol. The van der Waals surface area contributed by atoms with E-state index in [9.17, 15) is 4.79 Å². The maximum atomic E-state index is 12.3. The average Bonchev–Trinajstić information content (AvgIpc) is 2.80. The molecule has 0 aliphatic rings. The number of benzene rings is 1. The molecule has 106 valence electrons. The smallest absolute Gasteiger partial charge is 0.272 e. The van der Waals surface area contributed by atoms with E-state index in [2.05, 4.69) is 12.2 Å². The van der Waals surface area contributed by atoms with Crippen molar-refractivity contribution >= 4 is 17.3 Å². The van der Waals surface area contributed by atoms with Gasteiger partial charge in [-0.3, -0.25) is 4.79 Å². The zero-order chi connectivity index (χ0) is 14.5. The maximum Gasteiger partial charge on any atom is 0.272 e. The molecule has 0 radical (unpaired) electrons. The van der Waals surface area contributed by atoms with Gasteiger partial charge in [-0.25, -0.2) is 0 Å². The summed E-state index contributed by atoms with van der Waals surface area (Å²) in [5.41, 5.74) is 7.61. The number of ether oxygens (including phenoxy) is 1. The molecule has 1 aromatic heterocycles. The van der Waals surface area contributed by atoms with Crippen LogP contribution < -0.4 is 15.8 Å². The Labute approximate surface area is 118 Å². The Balaban J connectivity index is 2.19. The fourth-order valence-corrected chi connectivity index (χ4v) is 2.05. The minimum absolute atomic E-state index is 0.177. The van der Waals surface area contributed by atoms with Gasteiger partial charge in [0.05, 0.1) is 12.8 Å². The van der Waals surface area contributed by atoms with Crippen LogP contribution in [-0.2, 0) is 6.54 Å². The Morgan fingerprint density at radius 1 is 1.40 bits per heavy atom. The van der Waals surface area contributed by atoms with E-state index in [1.165, 1.54) is 0 Å². The highest BCUT2D eigenvalue weighted by atomic mass is 16.5. The highest BCUT2D eigenvalue weighted by Gasteiger charge is 2.13. The fraction of sp³-hybridized carbons (Fsp3) is 0.267. The number of rotatable bonds is 5. The van der Waals surface area contributed by atoms with Gasteiger partial charge < -0.3 is 20.4 Å². The van der Waals surface area contributed by atoms with E-state index in [0.29, 0.717) is 22.8 Å². The number of nitrogens with zero attached hydrogens (tertiary/aromatic N) is 1. The maximum absolute atomic E-state index is 12.3. The SMILES string of the molecule is CCCn1cc(N)cc1C(=O)Nc1cccc(OC)c1. The Bertz CT molecular complexity index is 605. The Morgan fingerprint density at radius 2 is 2.20 bits per heavy atom. The van der Waals surface area contributed by atoms with Gasteiger partial charge in [0.2, 0.25) is 0 Å². The number of carbonyl (C=O) groups excluding carboxylic acids is 1. The van der Waals surface area contributed by atoms with Crippen molar-refractivity contribution < 1.29 is 9.53 Å². The lowest BCUT2D eigenvalue weighted by atomic mass is 10.3. The molecule has 1 aromatic carbocycles. The van der Waals surface area contributed by atoms with Crippen LogP contribution in [0.3, 0.4) is 0 Å². The molecule has 0 unspecified atom stereocenters. The van der Waals surface area contributed by atoms with Gasteiger partial charge in [0.25, 0.3) is 5.91 Å². The number of hydrogen-bond donors (Lipinski definition) is 2. The highest BCUT2D eigenvalue weighted by Crippen LogP contribution is 2.18. The first-order chi connectivity index (χ1) is 9.63. The van der Waals surface area contributed by atoms with Crippen molar-refractivity contribution in [2.75, 3.05) is 18.2 Å². The number of hydrogen-bond acceptors (Lipinski definition) is 3. The third-order valence-electron chi connectivity index (χ3n) is 2.94. The molecule has 0 saturated heterocycles. The Hall–Kier alpha value is -2.43. The van der Waals surface area contributed by atoms with Gasteiger partial charge in [0.1, 0.15) is 11.4 Å². The van der Waals surface area contributed by atoms with Crippen LogP contribution in [0.5, 0.6) is 5.75 Å². The van der Waals surface area contributed by atoms with Crippen molar-refractivity contribution in [3.63, 3.8) is 0 Å². The summed E-state index contributed by atoms with van der Waals surface area (Å²) < 4.78 is 7.00. The summed E-state index contributed by atoms with van der Waals surface area (Å²) in [4.78, 5) is 12.3. The summed E-state index contributed by atoms with van der Waals surface area (Å²) in [6.07, 6.45) is 2.72. The van der Waals surface area contributed by atoms with Gasteiger partial charge >= 0.3 is 0 Å². The lowest BCUT2D eigenvalue weighted by Gasteiger charge is -2.09. The van der Waals surface area contributed by atoms with Gasteiger partial charge in [-0.2, -0.15) is 0 Å². The summed E-state index contributed by atoms with van der Waals surface area (Å²) in [6, 6.07) is 8.93. The molecular formula is C15H19N3O2. The van der Waals surface area contributed by atoms with Crippen LogP contribution in [0.1, 0.15) is 23.8 Å². The fourth-order valence-electron chi connectivity index (χ4n) is 2.05. The summed E-state index contributed by atoms with van der Waals surface area (Å²) >= 11 is 0. The van der Waals surface area contributed by atoms with Crippen LogP contribution in [0.4, 0.5) is 11.4 Å². The van der Waals surface area contributed by atoms with E-state index in [1.54, 1.807) is 25.4 Å². The molecule has 20 heavy (non-hydrogen) atoms. The van der Waals surface area contributed by atoms with Crippen LogP contribution >= 0.6 is 0 Å².